The van der Waals surface area contributed by atoms with E-state index in [4.69, 9.17) is 9.47 Å². The number of hydrazone groups is 1. The van der Waals surface area contributed by atoms with Gasteiger partial charge in [0.05, 0.1) is 25.5 Å². The summed E-state index contributed by atoms with van der Waals surface area (Å²) in [5.74, 6) is 1.17. The third-order valence-electron chi connectivity index (χ3n) is 4.36. The van der Waals surface area contributed by atoms with Gasteiger partial charge in [-0.15, -0.1) is 4.40 Å². The highest BCUT2D eigenvalue weighted by Gasteiger charge is 2.28. The van der Waals surface area contributed by atoms with E-state index < -0.39 is 10.0 Å². The molecule has 1 fully saturated rings. The van der Waals surface area contributed by atoms with E-state index in [0.29, 0.717) is 12.4 Å². The van der Waals surface area contributed by atoms with Crippen molar-refractivity contribution in [2.75, 3.05) is 25.5 Å². The lowest BCUT2D eigenvalue weighted by Crippen LogP contribution is -2.38. The average Bonchev–Trinajstić information content (AvgIpc) is 2.62. The average molecular weight is 361 g/mol. The molecule has 0 amide bonds. The van der Waals surface area contributed by atoms with Gasteiger partial charge in [0.15, 0.2) is 5.84 Å². The van der Waals surface area contributed by atoms with Crippen molar-refractivity contribution in [1.82, 2.24) is 5.01 Å². The van der Waals surface area contributed by atoms with E-state index >= 15 is 0 Å². The molecule has 0 bridgehead atoms. The summed E-state index contributed by atoms with van der Waals surface area (Å²) in [7, 11) is -3.43. The van der Waals surface area contributed by atoms with Gasteiger partial charge in [0.2, 0.25) is 0 Å². The highest BCUT2D eigenvalue weighted by atomic mass is 32.2. The molecule has 0 aliphatic carbocycles. The summed E-state index contributed by atoms with van der Waals surface area (Å²) >= 11 is 0. The van der Waals surface area contributed by atoms with Crippen molar-refractivity contribution >= 4 is 27.6 Å². The fourth-order valence-electron chi connectivity index (χ4n) is 3.02. The van der Waals surface area contributed by atoms with E-state index in [1.54, 1.807) is 17.3 Å². The van der Waals surface area contributed by atoms with Gasteiger partial charge in [0, 0.05) is 24.6 Å². The third kappa shape index (κ3) is 3.59. The van der Waals surface area contributed by atoms with Gasteiger partial charge in [-0.25, -0.2) is 13.4 Å². The summed E-state index contributed by atoms with van der Waals surface area (Å²) < 4.78 is 38.9. The summed E-state index contributed by atoms with van der Waals surface area (Å²) in [6, 6.07) is 7.64. The summed E-state index contributed by atoms with van der Waals surface area (Å²) in [6.07, 6.45) is 5.42. The fourth-order valence-corrected chi connectivity index (χ4v) is 3.97. The first-order chi connectivity index (χ1) is 12.1. The minimum atomic E-state index is -3.43. The van der Waals surface area contributed by atoms with E-state index in [-0.39, 0.29) is 11.9 Å². The SMILES string of the molecule is O=S1(=O)CCN2N=CC=C(c3ccc(OC4CCOCC4)cc3)C2=N1. The zero-order valence-corrected chi connectivity index (χ0v) is 14.5. The molecule has 1 saturated heterocycles. The Labute approximate surface area is 146 Å². The lowest BCUT2D eigenvalue weighted by molar-refractivity contribution is 0.0256. The second kappa shape index (κ2) is 6.61. The molecule has 4 rings (SSSR count). The number of benzene rings is 1. The molecule has 0 saturated carbocycles. The molecule has 0 atom stereocenters. The summed E-state index contributed by atoms with van der Waals surface area (Å²) in [5.41, 5.74) is 1.63. The molecule has 0 unspecified atom stereocenters. The van der Waals surface area contributed by atoms with Crippen LogP contribution in [-0.2, 0) is 14.8 Å². The predicted octanol–water partition coefficient (Wildman–Crippen LogP) is 1.67. The van der Waals surface area contributed by atoms with Crippen molar-refractivity contribution in [2.45, 2.75) is 18.9 Å². The Balaban J connectivity index is 1.56. The molecule has 0 spiro atoms. The Morgan fingerprint density at radius 1 is 1.16 bits per heavy atom. The minimum Gasteiger partial charge on any atom is -0.490 e. The molecule has 3 heterocycles. The first-order valence-electron chi connectivity index (χ1n) is 8.30. The molecule has 0 radical (unpaired) electrons. The number of hydrogen-bond acceptors (Lipinski definition) is 6. The van der Waals surface area contributed by atoms with Crippen LogP contribution in [0.15, 0.2) is 39.8 Å². The quantitative estimate of drug-likeness (QED) is 0.818. The van der Waals surface area contributed by atoms with Crippen LogP contribution in [0.5, 0.6) is 5.75 Å². The predicted molar refractivity (Wildman–Crippen MR) is 95.3 cm³/mol. The van der Waals surface area contributed by atoms with Crippen LogP contribution < -0.4 is 4.74 Å². The standard InChI is InChI=1S/C17H19N3O4S/c21-25(22)12-9-20-17(19-25)16(5-8-18-20)13-1-3-14(4-2-13)24-15-6-10-23-11-7-15/h1-5,8,15H,6-7,9-12H2. The summed E-state index contributed by atoms with van der Waals surface area (Å²) in [4.78, 5) is 0. The fraction of sp³-hybridized carbons (Fsp3) is 0.412. The van der Waals surface area contributed by atoms with Gasteiger partial charge in [-0.3, -0.25) is 0 Å². The molecule has 0 aromatic heterocycles. The zero-order valence-electron chi connectivity index (χ0n) is 13.7. The van der Waals surface area contributed by atoms with E-state index in [0.717, 1.165) is 42.9 Å². The third-order valence-corrected chi connectivity index (χ3v) is 5.51. The lowest BCUT2D eigenvalue weighted by Gasteiger charge is -2.28. The number of ether oxygens (including phenoxy) is 2. The van der Waals surface area contributed by atoms with Gasteiger partial charge in [0.25, 0.3) is 10.0 Å². The Hall–Kier alpha value is -2.19. The van der Waals surface area contributed by atoms with Gasteiger partial charge >= 0.3 is 0 Å². The van der Waals surface area contributed by atoms with Gasteiger partial charge in [-0.2, -0.15) is 5.10 Å². The molecule has 8 heteroatoms. The maximum Gasteiger partial charge on any atom is 0.256 e. The van der Waals surface area contributed by atoms with Crippen molar-refractivity contribution in [3.05, 3.63) is 35.9 Å². The summed E-state index contributed by atoms with van der Waals surface area (Å²) in [5, 5.41) is 5.82. The van der Waals surface area contributed by atoms with Crippen LogP contribution in [0.1, 0.15) is 18.4 Å². The van der Waals surface area contributed by atoms with E-state index in [9.17, 15) is 8.42 Å². The Morgan fingerprint density at radius 2 is 1.92 bits per heavy atom. The lowest BCUT2D eigenvalue weighted by atomic mass is 10.0. The van der Waals surface area contributed by atoms with Crippen LogP contribution in [-0.4, -0.2) is 57.1 Å². The Morgan fingerprint density at radius 3 is 2.68 bits per heavy atom. The minimum absolute atomic E-state index is 0.0149. The highest BCUT2D eigenvalue weighted by Crippen LogP contribution is 2.26. The van der Waals surface area contributed by atoms with Crippen molar-refractivity contribution in [1.29, 1.82) is 0 Å². The van der Waals surface area contributed by atoms with Crippen molar-refractivity contribution in [2.24, 2.45) is 9.50 Å². The number of fused-ring (bicyclic) bond motifs is 1. The van der Waals surface area contributed by atoms with Gasteiger partial charge in [0.1, 0.15) is 11.9 Å². The summed E-state index contributed by atoms with van der Waals surface area (Å²) in [6.45, 7) is 1.79. The van der Waals surface area contributed by atoms with E-state index in [2.05, 4.69) is 9.50 Å². The number of sulfonamides is 1. The zero-order chi connectivity index (χ0) is 17.3. The maximum absolute atomic E-state index is 11.8. The van der Waals surface area contributed by atoms with Gasteiger partial charge < -0.3 is 9.47 Å². The first kappa shape index (κ1) is 16.3. The molecule has 0 N–H and O–H groups in total. The Kier molecular flexibility index (Phi) is 4.30. The molecular formula is C17H19N3O4S. The molecular weight excluding hydrogens is 342 g/mol. The second-order valence-electron chi connectivity index (χ2n) is 6.12. The van der Waals surface area contributed by atoms with Crippen LogP contribution in [0.3, 0.4) is 0 Å². The number of nitrogens with zero attached hydrogens (tertiary/aromatic N) is 3. The molecule has 25 heavy (non-hydrogen) atoms. The van der Waals surface area contributed by atoms with Crippen molar-refractivity contribution in [3.63, 3.8) is 0 Å². The van der Waals surface area contributed by atoms with E-state index in [1.807, 2.05) is 24.3 Å². The van der Waals surface area contributed by atoms with Crippen LogP contribution in [0.2, 0.25) is 0 Å². The molecule has 3 aliphatic heterocycles. The largest absolute Gasteiger partial charge is 0.490 e. The van der Waals surface area contributed by atoms with Gasteiger partial charge in [-0.05, 0) is 23.8 Å². The van der Waals surface area contributed by atoms with Crippen molar-refractivity contribution < 1.29 is 17.9 Å². The van der Waals surface area contributed by atoms with Crippen LogP contribution in [0.25, 0.3) is 5.57 Å². The normalized spacial score (nSPS) is 22.8. The maximum atomic E-state index is 11.8. The highest BCUT2D eigenvalue weighted by molar-refractivity contribution is 7.90. The molecule has 1 aromatic rings. The van der Waals surface area contributed by atoms with Crippen LogP contribution in [0.4, 0.5) is 0 Å². The molecule has 1 aromatic carbocycles. The number of rotatable bonds is 3. The van der Waals surface area contributed by atoms with E-state index in [1.165, 1.54) is 0 Å². The first-order valence-corrected chi connectivity index (χ1v) is 9.91. The Bertz CT molecular complexity index is 837. The number of hydrogen-bond donors (Lipinski definition) is 0. The number of amidine groups is 1. The second-order valence-corrected chi connectivity index (χ2v) is 7.88. The number of allylic oxidation sites excluding steroid dienone is 1. The van der Waals surface area contributed by atoms with Crippen LogP contribution in [0, 0.1) is 0 Å². The van der Waals surface area contributed by atoms with Gasteiger partial charge in [-0.1, -0.05) is 12.1 Å². The van der Waals surface area contributed by atoms with Crippen LogP contribution >= 0.6 is 0 Å². The topological polar surface area (TPSA) is 80.6 Å². The van der Waals surface area contributed by atoms with Crippen molar-refractivity contribution in [3.8, 4) is 5.75 Å². The molecule has 132 valence electrons. The molecule has 7 nitrogen and oxygen atoms in total. The monoisotopic (exact) mass is 361 g/mol. The molecule has 3 aliphatic rings. The smallest absolute Gasteiger partial charge is 0.256 e.